The SMILES string of the molecule is CC[C@@]1(O)C(=O)OCc2c1cc1n(c2=O)Cc2c-1nc1cc(F)c(C)c3c1c2[C@@H](NC(=O)c1cccc(N)c1)CC3. The number of halogens is 1. The van der Waals surface area contributed by atoms with Crippen LogP contribution in [0.5, 0.6) is 0 Å². The second-order valence-corrected chi connectivity index (χ2v) is 11.0. The lowest BCUT2D eigenvalue weighted by atomic mass is 9.81. The van der Waals surface area contributed by atoms with E-state index in [4.69, 9.17) is 15.5 Å². The molecule has 10 heteroatoms. The average Bonchev–Trinajstić information content (AvgIpc) is 3.33. The molecule has 2 aromatic heterocycles. The molecule has 2 aliphatic heterocycles. The number of carbonyl (C=O) groups is 2. The third-order valence-electron chi connectivity index (χ3n) is 8.83. The number of anilines is 1. The fourth-order valence-electron chi connectivity index (χ4n) is 6.62. The van der Waals surface area contributed by atoms with E-state index in [-0.39, 0.29) is 48.0 Å². The van der Waals surface area contributed by atoms with Crippen molar-refractivity contribution in [1.82, 2.24) is 14.9 Å². The minimum atomic E-state index is -1.96. The van der Waals surface area contributed by atoms with Crippen LogP contribution in [-0.2, 0) is 34.7 Å². The summed E-state index contributed by atoms with van der Waals surface area (Å²) in [5.41, 5.74) is 9.10. The maximum Gasteiger partial charge on any atom is 0.343 e. The number of hydrogen-bond donors (Lipinski definition) is 3. The number of rotatable bonds is 3. The van der Waals surface area contributed by atoms with Crippen molar-refractivity contribution in [3.05, 3.63) is 91.5 Å². The maximum absolute atomic E-state index is 15.1. The number of amides is 1. The Morgan fingerprint density at radius 3 is 2.80 bits per heavy atom. The average molecular weight is 555 g/mol. The van der Waals surface area contributed by atoms with Gasteiger partial charge in [-0.05, 0) is 67.1 Å². The van der Waals surface area contributed by atoms with Gasteiger partial charge < -0.3 is 25.5 Å². The number of nitrogen functional groups attached to an aromatic ring is 1. The van der Waals surface area contributed by atoms with E-state index in [0.29, 0.717) is 46.6 Å². The van der Waals surface area contributed by atoms with Crippen LogP contribution < -0.4 is 16.6 Å². The summed E-state index contributed by atoms with van der Waals surface area (Å²) < 4.78 is 21.8. The first-order valence-electron chi connectivity index (χ1n) is 13.6. The molecule has 0 radical (unpaired) electrons. The molecule has 7 rings (SSSR count). The molecule has 4 heterocycles. The summed E-state index contributed by atoms with van der Waals surface area (Å²) in [5, 5.41) is 15.1. The molecule has 208 valence electrons. The Kier molecular flexibility index (Phi) is 5.40. The fourth-order valence-corrected chi connectivity index (χ4v) is 6.62. The molecule has 0 saturated heterocycles. The van der Waals surface area contributed by atoms with Crippen molar-refractivity contribution >= 4 is 28.5 Å². The second-order valence-electron chi connectivity index (χ2n) is 11.0. The molecule has 0 saturated carbocycles. The number of nitrogens with zero attached hydrogens (tertiary/aromatic N) is 2. The van der Waals surface area contributed by atoms with E-state index in [1.165, 1.54) is 6.07 Å². The first-order chi connectivity index (χ1) is 19.6. The molecule has 4 N–H and O–H groups in total. The zero-order valence-electron chi connectivity index (χ0n) is 22.5. The number of hydrogen-bond acceptors (Lipinski definition) is 7. The number of cyclic esters (lactones) is 1. The van der Waals surface area contributed by atoms with Gasteiger partial charge in [-0.15, -0.1) is 0 Å². The van der Waals surface area contributed by atoms with E-state index in [9.17, 15) is 19.5 Å². The number of carbonyl (C=O) groups excluding carboxylic acids is 2. The van der Waals surface area contributed by atoms with Gasteiger partial charge in [0.25, 0.3) is 11.5 Å². The summed E-state index contributed by atoms with van der Waals surface area (Å²) in [7, 11) is 0. The molecule has 2 aromatic carbocycles. The molecule has 1 amide bonds. The van der Waals surface area contributed by atoms with Gasteiger partial charge in [-0.2, -0.15) is 0 Å². The zero-order valence-corrected chi connectivity index (χ0v) is 22.5. The molecule has 0 bridgehead atoms. The molecule has 41 heavy (non-hydrogen) atoms. The summed E-state index contributed by atoms with van der Waals surface area (Å²) >= 11 is 0. The first kappa shape index (κ1) is 25.4. The van der Waals surface area contributed by atoms with Gasteiger partial charge >= 0.3 is 5.97 Å². The van der Waals surface area contributed by atoms with Crippen molar-refractivity contribution < 1.29 is 23.8 Å². The molecule has 4 aromatic rings. The van der Waals surface area contributed by atoms with Crippen LogP contribution in [0, 0.1) is 12.7 Å². The molecule has 0 spiro atoms. The summed E-state index contributed by atoms with van der Waals surface area (Å²) in [5.74, 6) is -1.48. The number of nitrogens with two attached hydrogens (primary N) is 1. The van der Waals surface area contributed by atoms with Crippen LogP contribution in [0.2, 0.25) is 0 Å². The van der Waals surface area contributed by atoms with Crippen molar-refractivity contribution in [3.63, 3.8) is 0 Å². The number of fused-ring (bicyclic) bond motifs is 5. The van der Waals surface area contributed by atoms with Gasteiger partial charge in [-0.25, -0.2) is 14.2 Å². The normalized spacial score (nSPS) is 20.3. The molecule has 2 atom stereocenters. The lowest BCUT2D eigenvalue weighted by Crippen LogP contribution is -2.44. The summed E-state index contributed by atoms with van der Waals surface area (Å²) in [6.45, 7) is 3.32. The van der Waals surface area contributed by atoms with E-state index < -0.39 is 17.6 Å². The second kappa shape index (κ2) is 8.71. The monoisotopic (exact) mass is 554 g/mol. The van der Waals surface area contributed by atoms with E-state index in [1.807, 2.05) is 0 Å². The number of pyridine rings is 2. The highest BCUT2D eigenvalue weighted by Gasteiger charge is 2.46. The van der Waals surface area contributed by atoms with Crippen LogP contribution in [0.3, 0.4) is 0 Å². The van der Waals surface area contributed by atoms with Gasteiger partial charge in [0.1, 0.15) is 12.4 Å². The number of benzene rings is 2. The number of ether oxygens (including phenoxy) is 1. The van der Waals surface area contributed by atoms with E-state index in [1.54, 1.807) is 48.7 Å². The minimum absolute atomic E-state index is 0.0247. The van der Waals surface area contributed by atoms with Gasteiger partial charge in [-0.3, -0.25) is 9.59 Å². The highest BCUT2D eigenvalue weighted by molar-refractivity contribution is 5.97. The number of aromatic nitrogens is 2. The maximum atomic E-state index is 15.1. The summed E-state index contributed by atoms with van der Waals surface area (Å²) in [6, 6.07) is 9.30. The summed E-state index contributed by atoms with van der Waals surface area (Å²) in [6.07, 6.45) is 1.09. The van der Waals surface area contributed by atoms with Crippen molar-refractivity contribution in [1.29, 1.82) is 0 Å². The fraction of sp³-hybridized carbons (Fsp3) is 0.290. The van der Waals surface area contributed by atoms with Gasteiger partial charge in [0, 0.05) is 33.8 Å². The topological polar surface area (TPSA) is 137 Å². The third kappa shape index (κ3) is 3.50. The van der Waals surface area contributed by atoms with Crippen molar-refractivity contribution in [2.24, 2.45) is 0 Å². The lowest BCUT2D eigenvalue weighted by Gasteiger charge is -2.31. The Bertz CT molecular complexity index is 1920. The number of nitrogens with one attached hydrogen (secondary N) is 1. The smallest absolute Gasteiger partial charge is 0.343 e. The Labute approximate surface area is 233 Å². The van der Waals surface area contributed by atoms with Gasteiger partial charge in [0.2, 0.25) is 0 Å². The highest BCUT2D eigenvalue weighted by Crippen LogP contribution is 2.46. The van der Waals surface area contributed by atoms with Crippen molar-refractivity contribution in [2.75, 3.05) is 5.73 Å². The molecular weight excluding hydrogens is 527 g/mol. The quantitative estimate of drug-likeness (QED) is 0.229. The Morgan fingerprint density at radius 1 is 1.24 bits per heavy atom. The van der Waals surface area contributed by atoms with Crippen LogP contribution in [-0.4, -0.2) is 26.5 Å². The predicted molar refractivity (Wildman–Crippen MR) is 149 cm³/mol. The minimum Gasteiger partial charge on any atom is -0.458 e. The standard InChI is InChI=1S/C31H27FN4O5/c1-3-31(40)20-10-24-27-18(12-36(24)29(38)19(20)13-41-30(31)39)26-22(35-28(37)15-5-4-6-16(33)9-15)8-7-17-14(2)21(32)11-23(34-27)25(17)26/h4-6,9-11,22,40H,3,7-8,12-13,33H2,1-2H3,(H,35,37)/t22-,31-/m0/s1. The van der Waals surface area contributed by atoms with Crippen LogP contribution in [0.4, 0.5) is 10.1 Å². The first-order valence-corrected chi connectivity index (χ1v) is 13.6. The Balaban J connectivity index is 1.46. The largest absolute Gasteiger partial charge is 0.458 e. The van der Waals surface area contributed by atoms with Crippen LogP contribution >= 0.6 is 0 Å². The number of esters is 1. The molecule has 1 aliphatic carbocycles. The lowest BCUT2D eigenvalue weighted by molar-refractivity contribution is -0.172. The van der Waals surface area contributed by atoms with E-state index in [0.717, 1.165) is 22.1 Å². The van der Waals surface area contributed by atoms with Gasteiger partial charge in [0.15, 0.2) is 5.60 Å². The van der Waals surface area contributed by atoms with E-state index >= 15 is 4.39 Å². The molecule has 0 unspecified atom stereocenters. The van der Waals surface area contributed by atoms with Gasteiger partial charge in [-0.1, -0.05) is 13.0 Å². The third-order valence-corrected chi connectivity index (χ3v) is 8.83. The number of aliphatic hydroxyl groups is 1. The number of aryl methyl sites for hydroxylation is 1. The zero-order chi connectivity index (χ0) is 28.8. The van der Waals surface area contributed by atoms with Gasteiger partial charge in [0.05, 0.1) is 35.1 Å². The molecule has 0 fully saturated rings. The molecular formula is C31H27FN4O5. The summed E-state index contributed by atoms with van der Waals surface area (Å²) in [4.78, 5) is 44.5. The van der Waals surface area contributed by atoms with Crippen molar-refractivity contribution in [2.45, 2.75) is 57.9 Å². The van der Waals surface area contributed by atoms with E-state index in [2.05, 4.69) is 5.32 Å². The van der Waals surface area contributed by atoms with Crippen LogP contribution in [0.1, 0.15) is 69.5 Å². The highest BCUT2D eigenvalue weighted by atomic mass is 19.1. The molecule has 3 aliphatic rings. The van der Waals surface area contributed by atoms with Crippen LogP contribution in [0.25, 0.3) is 22.3 Å². The molecule has 9 nitrogen and oxygen atoms in total. The predicted octanol–water partition coefficient (Wildman–Crippen LogP) is 3.53. The van der Waals surface area contributed by atoms with Crippen molar-refractivity contribution in [3.8, 4) is 11.4 Å². The Hall–Kier alpha value is -4.57. The van der Waals surface area contributed by atoms with Crippen LogP contribution in [0.15, 0.2) is 41.2 Å². The Morgan fingerprint density at radius 2 is 2.05 bits per heavy atom.